The van der Waals surface area contributed by atoms with Crippen molar-refractivity contribution in [3.8, 4) is 6.07 Å². The molecule has 1 aromatic carbocycles. The van der Waals surface area contributed by atoms with Crippen molar-refractivity contribution < 1.29 is 8.78 Å². The summed E-state index contributed by atoms with van der Waals surface area (Å²) in [6.07, 6.45) is 1.10. The van der Waals surface area contributed by atoms with Crippen molar-refractivity contribution in [2.75, 3.05) is 5.32 Å². The Morgan fingerprint density at radius 1 is 1.39 bits per heavy atom. The van der Waals surface area contributed by atoms with Crippen molar-refractivity contribution in [1.29, 1.82) is 5.26 Å². The number of aromatic nitrogens is 4. The van der Waals surface area contributed by atoms with Gasteiger partial charge in [-0.25, -0.2) is 8.78 Å². The van der Waals surface area contributed by atoms with E-state index in [0.29, 0.717) is 0 Å². The summed E-state index contributed by atoms with van der Waals surface area (Å²) in [7, 11) is 0. The third-order valence-corrected chi connectivity index (χ3v) is 2.03. The van der Waals surface area contributed by atoms with E-state index in [9.17, 15) is 8.78 Å². The number of para-hydroxylation sites is 1. The molecular weight excluding hydrogens is 242 g/mol. The minimum Gasteiger partial charge on any atom is -0.356 e. The van der Waals surface area contributed by atoms with Crippen LogP contribution in [0.2, 0.25) is 0 Å². The summed E-state index contributed by atoms with van der Waals surface area (Å²) in [6.45, 7) is 0. The van der Waals surface area contributed by atoms with Gasteiger partial charge in [0.05, 0.1) is 0 Å². The van der Waals surface area contributed by atoms with Crippen LogP contribution >= 0.6 is 0 Å². The van der Waals surface area contributed by atoms with Crippen LogP contribution in [0.25, 0.3) is 5.57 Å². The Labute approximate surface area is 99.9 Å². The molecule has 2 N–H and O–H groups in total. The summed E-state index contributed by atoms with van der Waals surface area (Å²) in [6, 6.07) is 5.22. The molecule has 0 bridgehead atoms. The van der Waals surface area contributed by atoms with E-state index in [0.717, 1.165) is 18.3 Å². The number of nitriles is 1. The molecule has 0 spiro atoms. The third kappa shape index (κ3) is 2.30. The number of nitrogens with one attached hydrogen (secondary N) is 2. The summed E-state index contributed by atoms with van der Waals surface area (Å²) in [5.41, 5.74) is -0.361. The van der Waals surface area contributed by atoms with E-state index in [1.807, 2.05) is 0 Å². The number of tetrazole rings is 1. The SMILES string of the molecule is N#CC(=CNc1c(F)cccc1F)c1nn[nH]n1. The van der Waals surface area contributed by atoms with Crippen molar-refractivity contribution in [2.45, 2.75) is 0 Å². The fraction of sp³-hybridized carbons (Fsp3) is 0. The van der Waals surface area contributed by atoms with E-state index in [-0.39, 0.29) is 17.1 Å². The Kier molecular flexibility index (Phi) is 3.24. The zero-order valence-electron chi connectivity index (χ0n) is 8.85. The first-order valence-corrected chi connectivity index (χ1v) is 4.77. The highest BCUT2D eigenvalue weighted by atomic mass is 19.1. The van der Waals surface area contributed by atoms with Gasteiger partial charge in [0, 0.05) is 6.20 Å². The number of hydrogen-bond acceptors (Lipinski definition) is 5. The Morgan fingerprint density at radius 2 is 2.11 bits per heavy atom. The van der Waals surface area contributed by atoms with Crippen molar-refractivity contribution in [1.82, 2.24) is 20.6 Å². The molecule has 8 heteroatoms. The number of hydrogen-bond donors (Lipinski definition) is 2. The average Bonchev–Trinajstić information content (AvgIpc) is 2.87. The number of allylic oxidation sites excluding steroid dienone is 1. The van der Waals surface area contributed by atoms with Crippen LogP contribution < -0.4 is 5.32 Å². The lowest BCUT2D eigenvalue weighted by Gasteiger charge is -2.03. The van der Waals surface area contributed by atoms with Crippen LogP contribution in [-0.2, 0) is 0 Å². The molecule has 0 unspecified atom stereocenters. The van der Waals surface area contributed by atoms with Crippen molar-refractivity contribution in [3.63, 3.8) is 0 Å². The minimum absolute atomic E-state index is 0.00796. The quantitative estimate of drug-likeness (QED) is 0.802. The molecule has 0 aliphatic rings. The molecular formula is C10H6F2N6. The van der Waals surface area contributed by atoms with Gasteiger partial charge in [-0.15, -0.1) is 10.2 Å². The van der Waals surface area contributed by atoms with Gasteiger partial charge in [0.2, 0.25) is 5.82 Å². The summed E-state index contributed by atoms with van der Waals surface area (Å²) in [5, 5.41) is 23.8. The van der Waals surface area contributed by atoms with Gasteiger partial charge < -0.3 is 5.32 Å². The third-order valence-electron chi connectivity index (χ3n) is 2.03. The van der Waals surface area contributed by atoms with Gasteiger partial charge in [-0.05, 0) is 17.3 Å². The molecule has 2 rings (SSSR count). The summed E-state index contributed by atoms with van der Waals surface area (Å²) in [5.74, 6) is -1.50. The lowest BCUT2D eigenvalue weighted by molar-refractivity contribution is 0.590. The van der Waals surface area contributed by atoms with Gasteiger partial charge in [0.1, 0.15) is 29.0 Å². The van der Waals surface area contributed by atoms with Crippen LogP contribution in [0.15, 0.2) is 24.4 Å². The minimum atomic E-state index is -0.767. The highest BCUT2D eigenvalue weighted by molar-refractivity contribution is 5.74. The molecule has 1 aromatic heterocycles. The van der Waals surface area contributed by atoms with Crippen molar-refractivity contribution >= 4 is 11.3 Å². The van der Waals surface area contributed by atoms with Gasteiger partial charge in [-0.2, -0.15) is 10.5 Å². The van der Waals surface area contributed by atoms with Crippen LogP contribution in [0.4, 0.5) is 14.5 Å². The molecule has 0 atom stereocenters. The van der Waals surface area contributed by atoms with Crippen LogP contribution in [0.3, 0.4) is 0 Å². The maximum absolute atomic E-state index is 13.3. The molecule has 0 fully saturated rings. The number of aromatic amines is 1. The predicted molar refractivity (Wildman–Crippen MR) is 57.7 cm³/mol. The Hall–Kier alpha value is -2.82. The molecule has 0 aliphatic heterocycles. The average molecular weight is 248 g/mol. The molecule has 1 heterocycles. The first kappa shape index (κ1) is 11.7. The van der Waals surface area contributed by atoms with Crippen LogP contribution in [0.5, 0.6) is 0 Å². The Bertz CT molecular complexity index is 594. The zero-order chi connectivity index (χ0) is 13.0. The van der Waals surface area contributed by atoms with Crippen LogP contribution in [-0.4, -0.2) is 20.6 Å². The van der Waals surface area contributed by atoms with E-state index in [4.69, 9.17) is 5.26 Å². The molecule has 90 valence electrons. The van der Waals surface area contributed by atoms with Crippen LogP contribution in [0.1, 0.15) is 5.82 Å². The number of rotatable bonds is 3. The Balaban J connectivity index is 2.27. The molecule has 18 heavy (non-hydrogen) atoms. The fourth-order valence-electron chi connectivity index (χ4n) is 1.20. The first-order valence-electron chi connectivity index (χ1n) is 4.77. The number of halogens is 2. The topological polar surface area (TPSA) is 90.3 Å². The van der Waals surface area contributed by atoms with E-state index >= 15 is 0 Å². The molecule has 2 aromatic rings. The second-order valence-corrected chi connectivity index (χ2v) is 3.15. The first-order chi connectivity index (χ1) is 8.72. The highest BCUT2D eigenvalue weighted by Gasteiger charge is 2.09. The summed E-state index contributed by atoms with van der Waals surface area (Å²) in [4.78, 5) is 0. The van der Waals surface area contributed by atoms with E-state index < -0.39 is 11.6 Å². The largest absolute Gasteiger partial charge is 0.356 e. The monoisotopic (exact) mass is 248 g/mol. The van der Waals surface area contributed by atoms with Gasteiger partial charge in [-0.3, -0.25) is 0 Å². The number of nitrogens with zero attached hydrogens (tertiary/aromatic N) is 4. The number of benzene rings is 1. The summed E-state index contributed by atoms with van der Waals surface area (Å²) < 4.78 is 26.6. The van der Waals surface area contributed by atoms with E-state index in [1.165, 1.54) is 6.07 Å². The number of anilines is 1. The zero-order valence-corrected chi connectivity index (χ0v) is 8.85. The molecule has 0 saturated heterocycles. The smallest absolute Gasteiger partial charge is 0.216 e. The highest BCUT2D eigenvalue weighted by Crippen LogP contribution is 2.18. The summed E-state index contributed by atoms with van der Waals surface area (Å²) >= 11 is 0. The van der Waals surface area contributed by atoms with E-state index in [1.54, 1.807) is 6.07 Å². The molecule has 0 aliphatic carbocycles. The maximum atomic E-state index is 13.3. The van der Waals surface area contributed by atoms with Gasteiger partial charge in [0.15, 0.2) is 0 Å². The van der Waals surface area contributed by atoms with Crippen molar-refractivity contribution in [2.24, 2.45) is 0 Å². The van der Waals surface area contributed by atoms with E-state index in [2.05, 4.69) is 25.9 Å². The molecule has 0 amide bonds. The Morgan fingerprint density at radius 3 is 2.67 bits per heavy atom. The maximum Gasteiger partial charge on any atom is 0.216 e. The standard InChI is InChI=1S/C10H6F2N6/c11-7-2-1-3-8(12)9(7)14-5-6(4-13)10-15-17-18-16-10/h1-3,5,14H,(H,15,16,17,18). The second kappa shape index (κ2) is 5.01. The molecule has 0 saturated carbocycles. The van der Waals surface area contributed by atoms with Gasteiger partial charge in [-0.1, -0.05) is 6.07 Å². The lowest BCUT2D eigenvalue weighted by atomic mass is 10.2. The second-order valence-electron chi connectivity index (χ2n) is 3.15. The number of H-pyrrole nitrogens is 1. The molecule has 6 nitrogen and oxygen atoms in total. The molecule has 0 radical (unpaired) electrons. The van der Waals surface area contributed by atoms with Crippen molar-refractivity contribution in [3.05, 3.63) is 41.9 Å². The van der Waals surface area contributed by atoms with Gasteiger partial charge >= 0.3 is 0 Å². The van der Waals surface area contributed by atoms with Crippen LogP contribution in [0, 0.1) is 23.0 Å². The lowest BCUT2D eigenvalue weighted by Crippen LogP contribution is -1.98. The van der Waals surface area contributed by atoms with Gasteiger partial charge in [0.25, 0.3) is 0 Å². The fourth-order valence-corrected chi connectivity index (χ4v) is 1.20. The normalized spacial score (nSPS) is 11.1. The predicted octanol–water partition coefficient (Wildman–Crippen LogP) is 1.45.